The molecule has 1 amide bonds. The lowest BCUT2D eigenvalue weighted by atomic mass is 10.0. The fraction of sp³-hybridized carbons (Fsp3) is 0.417. The third-order valence-corrected chi connectivity index (χ3v) is 2.07. The Labute approximate surface area is 90.3 Å². The molecule has 1 rings (SSSR count). The number of nitrogens with zero attached hydrogens (tertiary/aromatic N) is 1. The van der Waals surface area contributed by atoms with Crippen molar-refractivity contribution < 1.29 is 9.90 Å². The second-order valence-corrected chi connectivity index (χ2v) is 4.39. The molecule has 0 fully saturated rings. The molecule has 82 valence electrons. The lowest BCUT2D eigenvalue weighted by Crippen LogP contribution is -2.47. The molecule has 0 heterocycles. The van der Waals surface area contributed by atoms with E-state index in [1.54, 1.807) is 4.90 Å². The maximum atomic E-state index is 11.6. The van der Waals surface area contributed by atoms with Gasteiger partial charge in [0.2, 0.25) is 0 Å². The molecule has 1 N–H and O–H groups in total. The van der Waals surface area contributed by atoms with Crippen LogP contribution in [0, 0.1) is 0 Å². The molecule has 3 heteroatoms. The number of carbonyl (C=O) groups is 1. The van der Waals surface area contributed by atoms with Crippen molar-refractivity contribution in [3.63, 3.8) is 0 Å². The Morgan fingerprint density at radius 1 is 1.27 bits per heavy atom. The van der Waals surface area contributed by atoms with Crippen LogP contribution < -0.4 is 4.90 Å². The van der Waals surface area contributed by atoms with E-state index in [1.807, 2.05) is 51.1 Å². The third-order valence-electron chi connectivity index (χ3n) is 2.07. The van der Waals surface area contributed by atoms with E-state index in [1.165, 1.54) is 0 Å². The average molecular weight is 207 g/mol. The first-order chi connectivity index (χ1) is 6.96. The van der Waals surface area contributed by atoms with Crippen molar-refractivity contribution in [1.82, 2.24) is 0 Å². The van der Waals surface area contributed by atoms with Gasteiger partial charge in [-0.15, -0.1) is 0 Å². The van der Waals surface area contributed by atoms with Crippen LogP contribution in [0.2, 0.25) is 0 Å². The summed E-state index contributed by atoms with van der Waals surface area (Å²) in [7, 11) is 0. The number of hydrogen-bond acceptors (Lipinski definition) is 2. The molecule has 0 saturated heterocycles. The highest BCUT2D eigenvalue weighted by Crippen LogP contribution is 2.23. The number of carbonyl (C=O) groups excluding carboxylic acids is 1. The van der Waals surface area contributed by atoms with Gasteiger partial charge in [-0.2, -0.15) is 0 Å². The molecule has 0 aromatic heterocycles. The number of hydrogen-bond donors (Lipinski definition) is 1. The van der Waals surface area contributed by atoms with Gasteiger partial charge in [0.1, 0.15) is 6.61 Å². The summed E-state index contributed by atoms with van der Waals surface area (Å²) in [5.41, 5.74) is 0.477. The molecule has 0 aliphatic heterocycles. The molecule has 0 radical (unpaired) electrons. The van der Waals surface area contributed by atoms with E-state index in [0.717, 1.165) is 5.69 Å². The molecular formula is C12H17NO2. The van der Waals surface area contributed by atoms with Crippen LogP contribution in [-0.4, -0.2) is 23.2 Å². The lowest BCUT2D eigenvalue weighted by Gasteiger charge is -2.35. The molecule has 1 aromatic rings. The highest BCUT2D eigenvalue weighted by atomic mass is 16.3. The maximum Gasteiger partial charge on any atom is 0.253 e. The third kappa shape index (κ3) is 2.80. The SMILES string of the molecule is CC(C)(C)N(C(=O)CO)c1ccccc1. The smallest absolute Gasteiger partial charge is 0.253 e. The van der Waals surface area contributed by atoms with Crippen molar-refractivity contribution in [3.8, 4) is 0 Å². The van der Waals surface area contributed by atoms with Crippen molar-refractivity contribution >= 4 is 11.6 Å². The van der Waals surface area contributed by atoms with Gasteiger partial charge in [0.05, 0.1) is 0 Å². The van der Waals surface area contributed by atoms with E-state index in [9.17, 15) is 4.79 Å². The van der Waals surface area contributed by atoms with Gasteiger partial charge in [0.15, 0.2) is 0 Å². The van der Waals surface area contributed by atoms with Crippen LogP contribution in [0.25, 0.3) is 0 Å². The Balaban J connectivity index is 3.08. The fourth-order valence-electron chi connectivity index (χ4n) is 1.55. The summed E-state index contributed by atoms with van der Waals surface area (Å²) in [5.74, 6) is -0.284. The Morgan fingerprint density at radius 2 is 1.80 bits per heavy atom. The first-order valence-corrected chi connectivity index (χ1v) is 4.96. The number of aliphatic hydroxyl groups excluding tert-OH is 1. The second-order valence-electron chi connectivity index (χ2n) is 4.39. The molecular weight excluding hydrogens is 190 g/mol. The molecule has 0 atom stereocenters. The fourth-order valence-corrected chi connectivity index (χ4v) is 1.55. The first kappa shape index (κ1) is 11.7. The highest BCUT2D eigenvalue weighted by Gasteiger charge is 2.26. The molecule has 0 unspecified atom stereocenters. The normalized spacial score (nSPS) is 11.2. The van der Waals surface area contributed by atoms with Crippen LogP contribution in [0.4, 0.5) is 5.69 Å². The summed E-state index contributed by atoms with van der Waals surface area (Å²) < 4.78 is 0. The second kappa shape index (κ2) is 4.45. The molecule has 0 aliphatic carbocycles. The lowest BCUT2D eigenvalue weighted by molar-refractivity contribution is -0.122. The summed E-state index contributed by atoms with van der Waals surface area (Å²) in [5, 5.41) is 8.94. The number of anilines is 1. The number of benzene rings is 1. The zero-order valence-corrected chi connectivity index (χ0v) is 9.40. The minimum absolute atomic E-state index is 0.284. The Hall–Kier alpha value is -1.35. The van der Waals surface area contributed by atoms with Crippen molar-refractivity contribution in [2.75, 3.05) is 11.5 Å². The van der Waals surface area contributed by atoms with Crippen molar-refractivity contribution in [2.24, 2.45) is 0 Å². The standard InChI is InChI=1S/C12H17NO2/c1-12(2,3)13(11(15)9-14)10-7-5-4-6-8-10/h4-8,14H,9H2,1-3H3. The Bertz CT molecular complexity index is 327. The van der Waals surface area contributed by atoms with Crippen LogP contribution in [0.3, 0.4) is 0 Å². The minimum atomic E-state index is -0.466. The Morgan fingerprint density at radius 3 is 2.20 bits per heavy atom. The molecule has 0 spiro atoms. The van der Waals surface area contributed by atoms with Gasteiger partial charge in [-0.05, 0) is 32.9 Å². The van der Waals surface area contributed by atoms with E-state index in [-0.39, 0.29) is 11.4 Å². The van der Waals surface area contributed by atoms with Gasteiger partial charge < -0.3 is 10.0 Å². The van der Waals surface area contributed by atoms with Crippen LogP contribution in [0.1, 0.15) is 20.8 Å². The molecule has 1 aromatic carbocycles. The number of amides is 1. The number of aliphatic hydroxyl groups is 1. The summed E-state index contributed by atoms with van der Waals surface area (Å²) >= 11 is 0. The van der Waals surface area contributed by atoms with E-state index in [4.69, 9.17) is 5.11 Å². The summed E-state index contributed by atoms with van der Waals surface area (Å²) in [6.07, 6.45) is 0. The van der Waals surface area contributed by atoms with E-state index < -0.39 is 6.61 Å². The van der Waals surface area contributed by atoms with Crippen molar-refractivity contribution in [1.29, 1.82) is 0 Å². The molecule has 15 heavy (non-hydrogen) atoms. The van der Waals surface area contributed by atoms with Crippen LogP contribution in [0.5, 0.6) is 0 Å². The van der Waals surface area contributed by atoms with Crippen molar-refractivity contribution in [2.45, 2.75) is 26.3 Å². The van der Waals surface area contributed by atoms with Gasteiger partial charge in [-0.25, -0.2) is 0 Å². The highest BCUT2D eigenvalue weighted by molar-refractivity contribution is 5.95. The predicted octanol–water partition coefficient (Wildman–Crippen LogP) is 1.81. The van der Waals surface area contributed by atoms with Gasteiger partial charge in [0.25, 0.3) is 5.91 Å². The maximum absolute atomic E-state index is 11.6. The summed E-state index contributed by atoms with van der Waals surface area (Å²) in [6, 6.07) is 9.36. The van der Waals surface area contributed by atoms with Crippen LogP contribution >= 0.6 is 0 Å². The van der Waals surface area contributed by atoms with Gasteiger partial charge in [-0.3, -0.25) is 4.79 Å². The van der Waals surface area contributed by atoms with Crippen LogP contribution in [0.15, 0.2) is 30.3 Å². The first-order valence-electron chi connectivity index (χ1n) is 4.96. The average Bonchev–Trinajstić information content (AvgIpc) is 2.17. The Kier molecular flexibility index (Phi) is 3.48. The predicted molar refractivity (Wildman–Crippen MR) is 60.8 cm³/mol. The molecule has 3 nitrogen and oxygen atoms in total. The van der Waals surface area contributed by atoms with Gasteiger partial charge in [-0.1, -0.05) is 18.2 Å². The largest absolute Gasteiger partial charge is 0.387 e. The zero-order valence-electron chi connectivity index (χ0n) is 9.40. The molecule has 0 bridgehead atoms. The van der Waals surface area contributed by atoms with Gasteiger partial charge in [0, 0.05) is 11.2 Å². The molecule has 0 saturated carbocycles. The topological polar surface area (TPSA) is 40.5 Å². The van der Waals surface area contributed by atoms with E-state index in [2.05, 4.69) is 0 Å². The zero-order chi connectivity index (χ0) is 11.5. The number of para-hydroxylation sites is 1. The number of rotatable bonds is 2. The monoisotopic (exact) mass is 207 g/mol. The van der Waals surface area contributed by atoms with E-state index in [0.29, 0.717) is 0 Å². The summed E-state index contributed by atoms with van der Waals surface area (Å²) in [4.78, 5) is 13.2. The van der Waals surface area contributed by atoms with Crippen LogP contribution in [-0.2, 0) is 4.79 Å². The quantitative estimate of drug-likeness (QED) is 0.803. The minimum Gasteiger partial charge on any atom is -0.387 e. The molecule has 0 aliphatic rings. The summed E-state index contributed by atoms with van der Waals surface area (Å²) in [6.45, 7) is 5.35. The van der Waals surface area contributed by atoms with Gasteiger partial charge >= 0.3 is 0 Å². The van der Waals surface area contributed by atoms with Crippen molar-refractivity contribution in [3.05, 3.63) is 30.3 Å². The van der Waals surface area contributed by atoms with E-state index >= 15 is 0 Å².